The fourth-order valence-electron chi connectivity index (χ4n) is 2.21. The lowest BCUT2D eigenvalue weighted by Crippen LogP contribution is -2.43. The van der Waals surface area contributed by atoms with Gasteiger partial charge in [-0.05, 0) is 55.3 Å². The number of hydrogen-bond acceptors (Lipinski definition) is 5. The van der Waals surface area contributed by atoms with Gasteiger partial charge in [0.2, 0.25) is 0 Å². The van der Waals surface area contributed by atoms with Crippen LogP contribution in [0.4, 0.5) is 0 Å². The van der Waals surface area contributed by atoms with Crippen molar-refractivity contribution in [1.29, 1.82) is 0 Å². The molecule has 0 unspecified atom stereocenters. The summed E-state index contributed by atoms with van der Waals surface area (Å²) in [5.74, 6) is 0.902. The van der Waals surface area contributed by atoms with Gasteiger partial charge in [0.15, 0.2) is 18.1 Å². The summed E-state index contributed by atoms with van der Waals surface area (Å²) in [6, 6.07) is 11.4. The summed E-state index contributed by atoms with van der Waals surface area (Å²) in [7, 11) is 0. The molecule has 0 radical (unpaired) electrons. The molecule has 0 atom stereocenters. The van der Waals surface area contributed by atoms with Gasteiger partial charge in [0.25, 0.3) is 11.8 Å². The van der Waals surface area contributed by atoms with Crippen molar-refractivity contribution < 1.29 is 23.8 Å². The zero-order chi connectivity index (χ0) is 21.2. The van der Waals surface area contributed by atoms with Crippen molar-refractivity contribution in [2.24, 2.45) is 5.92 Å². The highest BCUT2D eigenvalue weighted by molar-refractivity contribution is 6.30. The van der Waals surface area contributed by atoms with Crippen molar-refractivity contribution in [2.75, 3.05) is 19.8 Å². The van der Waals surface area contributed by atoms with E-state index in [2.05, 4.69) is 10.9 Å². The van der Waals surface area contributed by atoms with Gasteiger partial charge in [-0.15, -0.1) is 0 Å². The number of benzene rings is 2. The molecule has 0 saturated heterocycles. The van der Waals surface area contributed by atoms with E-state index < -0.39 is 11.8 Å². The quantitative estimate of drug-likeness (QED) is 0.605. The molecule has 2 aromatic carbocycles. The smallest absolute Gasteiger partial charge is 0.276 e. The number of carbonyl (C=O) groups excluding carboxylic acids is 2. The van der Waals surface area contributed by atoms with Gasteiger partial charge in [0.1, 0.15) is 5.75 Å². The number of nitrogens with one attached hydrogen (secondary N) is 2. The molecule has 0 heterocycles. The Morgan fingerprint density at radius 2 is 1.69 bits per heavy atom. The van der Waals surface area contributed by atoms with Crippen LogP contribution in [0, 0.1) is 5.92 Å². The van der Waals surface area contributed by atoms with Crippen LogP contribution in [-0.4, -0.2) is 31.6 Å². The number of hydrazine groups is 1. The molecule has 0 saturated carbocycles. The molecule has 0 fully saturated rings. The molecule has 156 valence electrons. The highest BCUT2D eigenvalue weighted by atomic mass is 35.5. The van der Waals surface area contributed by atoms with Crippen molar-refractivity contribution in [3.8, 4) is 17.2 Å². The fraction of sp³-hybridized carbons (Fsp3) is 0.333. The second-order valence-corrected chi connectivity index (χ2v) is 6.98. The Kier molecular flexibility index (Phi) is 8.61. The normalized spacial score (nSPS) is 10.4. The molecule has 0 spiro atoms. The summed E-state index contributed by atoms with van der Waals surface area (Å²) in [6.45, 7) is 6.65. The third kappa shape index (κ3) is 7.54. The highest BCUT2D eigenvalue weighted by Crippen LogP contribution is 2.29. The molecular formula is C21H25ClN2O5. The topological polar surface area (TPSA) is 85.9 Å². The number of rotatable bonds is 9. The van der Waals surface area contributed by atoms with Gasteiger partial charge in [-0.1, -0.05) is 25.4 Å². The average molecular weight is 421 g/mol. The van der Waals surface area contributed by atoms with Gasteiger partial charge in [-0.3, -0.25) is 20.4 Å². The molecule has 8 heteroatoms. The summed E-state index contributed by atoms with van der Waals surface area (Å²) in [5.41, 5.74) is 4.98. The van der Waals surface area contributed by atoms with Crippen LogP contribution >= 0.6 is 11.6 Å². The summed E-state index contributed by atoms with van der Waals surface area (Å²) in [4.78, 5) is 24.2. The summed E-state index contributed by atoms with van der Waals surface area (Å²) in [6.07, 6.45) is 0. The second-order valence-electron chi connectivity index (χ2n) is 6.54. The summed E-state index contributed by atoms with van der Waals surface area (Å²) < 4.78 is 16.6. The first-order valence-electron chi connectivity index (χ1n) is 9.26. The van der Waals surface area contributed by atoms with Gasteiger partial charge in [-0.2, -0.15) is 0 Å². The fourth-order valence-corrected chi connectivity index (χ4v) is 2.33. The number of hydrogen-bond donors (Lipinski definition) is 2. The van der Waals surface area contributed by atoms with Crippen LogP contribution in [0.5, 0.6) is 17.2 Å². The number of carbonyl (C=O) groups is 2. The Labute approximate surface area is 175 Å². The number of amides is 2. The van der Waals surface area contributed by atoms with E-state index in [4.69, 9.17) is 25.8 Å². The van der Waals surface area contributed by atoms with E-state index in [0.29, 0.717) is 47.0 Å². The van der Waals surface area contributed by atoms with Gasteiger partial charge < -0.3 is 14.2 Å². The number of halogens is 1. The minimum absolute atomic E-state index is 0.256. The Bertz CT molecular complexity index is 824. The maximum atomic E-state index is 12.3. The third-order valence-corrected chi connectivity index (χ3v) is 3.83. The van der Waals surface area contributed by atoms with Crippen molar-refractivity contribution in [3.63, 3.8) is 0 Å². The van der Waals surface area contributed by atoms with E-state index in [1.807, 2.05) is 20.8 Å². The molecule has 7 nitrogen and oxygen atoms in total. The van der Waals surface area contributed by atoms with E-state index in [9.17, 15) is 9.59 Å². The Balaban J connectivity index is 1.89. The van der Waals surface area contributed by atoms with Crippen molar-refractivity contribution in [3.05, 3.63) is 53.1 Å². The zero-order valence-electron chi connectivity index (χ0n) is 16.7. The highest BCUT2D eigenvalue weighted by Gasteiger charge is 2.13. The maximum Gasteiger partial charge on any atom is 0.276 e. The van der Waals surface area contributed by atoms with Gasteiger partial charge in [0, 0.05) is 10.6 Å². The summed E-state index contributed by atoms with van der Waals surface area (Å²) in [5, 5.41) is 0.570. The molecule has 0 bridgehead atoms. The van der Waals surface area contributed by atoms with Gasteiger partial charge in [0.05, 0.1) is 13.2 Å². The standard InChI is InChI=1S/C21H25ClN2O5/c1-4-27-19-11-15(5-10-18(19)29-12-14(2)3)21(26)24-23-20(25)13-28-17-8-6-16(22)7-9-17/h5-11,14H,4,12-13H2,1-3H3,(H,23,25)(H,24,26). The van der Waals surface area contributed by atoms with E-state index in [-0.39, 0.29) is 6.61 Å². The van der Waals surface area contributed by atoms with Crippen LogP contribution in [0.1, 0.15) is 31.1 Å². The van der Waals surface area contributed by atoms with Crippen molar-refractivity contribution in [1.82, 2.24) is 10.9 Å². The van der Waals surface area contributed by atoms with Gasteiger partial charge in [-0.25, -0.2) is 0 Å². The van der Waals surface area contributed by atoms with Crippen LogP contribution in [0.2, 0.25) is 5.02 Å². The van der Waals surface area contributed by atoms with Crippen molar-refractivity contribution in [2.45, 2.75) is 20.8 Å². The number of ether oxygens (including phenoxy) is 3. The van der Waals surface area contributed by atoms with Gasteiger partial charge >= 0.3 is 0 Å². The molecule has 2 rings (SSSR count). The predicted molar refractivity (Wildman–Crippen MR) is 110 cm³/mol. The molecule has 2 N–H and O–H groups in total. The lowest BCUT2D eigenvalue weighted by Gasteiger charge is -2.15. The largest absolute Gasteiger partial charge is 0.490 e. The monoisotopic (exact) mass is 420 g/mol. The second kappa shape index (κ2) is 11.2. The lowest BCUT2D eigenvalue weighted by molar-refractivity contribution is -0.123. The Morgan fingerprint density at radius 3 is 2.34 bits per heavy atom. The van der Waals surface area contributed by atoms with Crippen molar-refractivity contribution >= 4 is 23.4 Å². The van der Waals surface area contributed by atoms with Crippen LogP contribution in [0.3, 0.4) is 0 Å². The maximum absolute atomic E-state index is 12.3. The first-order chi connectivity index (χ1) is 13.9. The van der Waals surface area contributed by atoms with E-state index in [1.165, 1.54) is 0 Å². The van der Waals surface area contributed by atoms with Crippen LogP contribution in [-0.2, 0) is 4.79 Å². The molecule has 0 aliphatic carbocycles. The molecule has 29 heavy (non-hydrogen) atoms. The predicted octanol–water partition coefficient (Wildman–Crippen LogP) is 3.61. The van der Waals surface area contributed by atoms with Crippen LogP contribution in [0.25, 0.3) is 0 Å². The molecule has 0 aromatic heterocycles. The molecule has 2 amide bonds. The van der Waals surface area contributed by atoms with E-state index in [0.717, 1.165) is 0 Å². The molecular weight excluding hydrogens is 396 g/mol. The third-order valence-electron chi connectivity index (χ3n) is 3.58. The Morgan fingerprint density at radius 1 is 0.966 bits per heavy atom. The SMILES string of the molecule is CCOc1cc(C(=O)NNC(=O)COc2ccc(Cl)cc2)ccc1OCC(C)C. The first kappa shape index (κ1) is 22.4. The molecule has 0 aliphatic heterocycles. The zero-order valence-corrected chi connectivity index (χ0v) is 17.4. The van der Waals surface area contributed by atoms with E-state index >= 15 is 0 Å². The average Bonchev–Trinajstić information content (AvgIpc) is 2.70. The molecule has 0 aliphatic rings. The van der Waals surface area contributed by atoms with E-state index in [1.54, 1.807) is 42.5 Å². The minimum Gasteiger partial charge on any atom is -0.490 e. The summed E-state index contributed by atoms with van der Waals surface area (Å²) >= 11 is 5.79. The Hall–Kier alpha value is -2.93. The van der Waals surface area contributed by atoms with Crippen LogP contribution < -0.4 is 25.1 Å². The lowest BCUT2D eigenvalue weighted by atomic mass is 10.2. The molecule has 2 aromatic rings. The van der Waals surface area contributed by atoms with Crippen LogP contribution in [0.15, 0.2) is 42.5 Å². The minimum atomic E-state index is -0.504. The first-order valence-corrected chi connectivity index (χ1v) is 9.64.